The molecule has 0 fully saturated rings. The number of anilines is 1. The molecule has 1 N–H and O–H groups in total. The van der Waals surface area contributed by atoms with Crippen molar-refractivity contribution in [3.8, 4) is 17.1 Å². The van der Waals surface area contributed by atoms with Crippen molar-refractivity contribution in [1.82, 2.24) is 19.7 Å². The van der Waals surface area contributed by atoms with Crippen molar-refractivity contribution >= 4 is 23.4 Å². The molecule has 8 heteroatoms. The van der Waals surface area contributed by atoms with Gasteiger partial charge in [-0.25, -0.2) is 0 Å². The lowest BCUT2D eigenvalue weighted by Crippen LogP contribution is -2.14. The third-order valence-corrected chi connectivity index (χ3v) is 4.63. The summed E-state index contributed by atoms with van der Waals surface area (Å²) in [4.78, 5) is 16.3. The van der Waals surface area contributed by atoms with Crippen LogP contribution in [0.15, 0.2) is 53.9 Å². The van der Waals surface area contributed by atoms with Crippen LogP contribution in [0.1, 0.15) is 6.92 Å². The number of methoxy groups -OCH3 is 1. The number of amides is 1. The van der Waals surface area contributed by atoms with E-state index < -0.39 is 0 Å². The van der Waals surface area contributed by atoms with Crippen molar-refractivity contribution in [2.75, 3.05) is 18.2 Å². The van der Waals surface area contributed by atoms with Gasteiger partial charge in [-0.3, -0.25) is 9.78 Å². The first-order chi connectivity index (χ1) is 12.7. The van der Waals surface area contributed by atoms with E-state index in [0.29, 0.717) is 11.7 Å². The number of hydrogen-bond donors (Lipinski definition) is 1. The highest BCUT2D eigenvalue weighted by molar-refractivity contribution is 7.99. The van der Waals surface area contributed by atoms with E-state index >= 15 is 0 Å². The van der Waals surface area contributed by atoms with E-state index in [1.165, 1.54) is 11.8 Å². The molecular formula is C18H19N5O2S. The Morgan fingerprint density at radius 1 is 1.23 bits per heavy atom. The normalized spacial score (nSPS) is 10.5. The van der Waals surface area contributed by atoms with Gasteiger partial charge in [0.25, 0.3) is 0 Å². The van der Waals surface area contributed by atoms with Gasteiger partial charge in [0.2, 0.25) is 5.91 Å². The second-order valence-electron chi connectivity index (χ2n) is 5.36. The fraction of sp³-hybridized carbons (Fsp3) is 0.222. The molecule has 0 aliphatic carbocycles. The largest absolute Gasteiger partial charge is 0.497 e. The van der Waals surface area contributed by atoms with Crippen LogP contribution in [0.2, 0.25) is 0 Å². The summed E-state index contributed by atoms with van der Waals surface area (Å²) in [5.41, 5.74) is 1.63. The molecule has 0 aliphatic heterocycles. The number of hydrogen-bond acceptors (Lipinski definition) is 6. The molecule has 3 rings (SSSR count). The summed E-state index contributed by atoms with van der Waals surface area (Å²) < 4.78 is 7.08. The molecule has 0 bridgehead atoms. The molecule has 0 saturated heterocycles. The van der Waals surface area contributed by atoms with Gasteiger partial charge in [-0.2, -0.15) is 0 Å². The van der Waals surface area contributed by atoms with Crippen LogP contribution in [-0.2, 0) is 11.3 Å². The minimum absolute atomic E-state index is 0.103. The average Bonchev–Trinajstić information content (AvgIpc) is 3.10. The number of rotatable bonds is 7. The molecule has 3 aromatic rings. The zero-order valence-corrected chi connectivity index (χ0v) is 15.4. The van der Waals surface area contributed by atoms with Crippen LogP contribution >= 0.6 is 11.8 Å². The number of carbonyl (C=O) groups is 1. The fourth-order valence-corrected chi connectivity index (χ4v) is 3.19. The van der Waals surface area contributed by atoms with Gasteiger partial charge in [0.1, 0.15) is 5.75 Å². The molecule has 0 saturated carbocycles. The van der Waals surface area contributed by atoms with Crippen LogP contribution < -0.4 is 10.1 Å². The molecule has 1 aromatic carbocycles. The van der Waals surface area contributed by atoms with Crippen molar-refractivity contribution in [2.45, 2.75) is 18.6 Å². The van der Waals surface area contributed by atoms with Gasteiger partial charge < -0.3 is 14.6 Å². The summed E-state index contributed by atoms with van der Waals surface area (Å²) in [6, 6.07) is 11.0. The van der Waals surface area contributed by atoms with Gasteiger partial charge in [-0.15, -0.1) is 10.2 Å². The van der Waals surface area contributed by atoms with Crippen molar-refractivity contribution in [1.29, 1.82) is 0 Å². The van der Waals surface area contributed by atoms with E-state index in [1.807, 2.05) is 23.6 Å². The van der Waals surface area contributed by atoms with Gasteiger partial charge in [0.15, 0.2) is 11.0 Å². The number of nitrogens with zero attached hydrogens (tertiary/aromatic N) is 4. The second kappa shape index (κ2) is 8.48. The lowest BCUT2D eigenvalue weighted by atomic mass is 10.3. The lowest BCUT2D eigenvalue weighted by molar-refractivity contribution is -0.113. The standard InChI is InChI=1S/C18H19N5O2S/c1-3-23-17(13-5-4-10-19-11-13)21-22-18(23)26-12-16(24)20-14-6-8-15(25-2)9-7-14/h4-11H,3,12H2,1-2H3,(H,20,24). The van der Waals surface area contributed by atoms with Gasteiger partial charge in [-0.1, -0.05) is 11.8 Å². The number of aromatic nitrogens is 4. The topological polar surface area (TPSA) is 81.9 Å². The quantitative estimate of drug-likeness (QED) is 0.645. The number of nitrogens with one attached hydrogen (secondary N) is 1. The summed E-state index contributed by atoms with van der Waals surface area (Å²) in [7, 11) is 1.61. The van der Waals surface area contributed by atoms with E-state index in [9.17, 15) is 4.79 Å². The number of carbonyl (C=O) groups excluding carboxylic acids is 1. The van der Waals surface area contributed by atoms with Gasteiger partial charge in [-0.05, 0) is 43.3 Å². The first-order valence-corrected chi connectivity index (χ1v) is 9.10. The summed E-state index contributed by atoms with van der Waals surface area (Å²) in [5.74, 6) is 1.64. The summed E-state index contributed by atoms with van der Waals surface area (Å²) in [6.07, 6.45) is 3.47. The van der Waals surface area contributed by atoms with E-state index in [1.54, 1.807) is 43.8 Å². The smallest absolute Gasteiger partial charge is 0.234 e. The Morgan fingerprint density at radius 3 is 2.69 bits per heavy atom. The maximum atomic E-state index is 12.2. The number of thioether (sulfide) groups is 1. The van der Waals surface area contributed by atoms with Crippen molar-refractivity contribution < 1.29 is 9.53 Å². The summed E-state index contributed by atoms with van der Waals surface area (Å²) >= 11 is 1.35. The molecule has 134 valence electrons. The Morgan fingerprint density at radius 2 is 2.04 bits per heavy atom. The summed E-state index contributed by atoms with van der Waals surface area (Å²) in [6.45, 7) is 2.73. The third kappa shape index (κ3) is 4.20. The fourth-order valence-electron chi connectivity index (χ4n) is 2.39. The van der Waals surface area contributed by atoms with E-state index in [4.69, 9.17) is 4.74 Å². The molecule has 26 heavy (non-hydrogen) atoms. The van der Waals surface area contributed by atoms with Crippen molar-refractivity contribution in [2.24, 2.45) is 0 Å². The maximum absolute atomic E-state index is 12.2. The zero-order valence-electron chi connectivity index (χ0n) is 14.5. The van der Waals surface area contributed by atoms with Crippen LogP contribution in [-0.4, -0.2) is 38.5 Å². The monoisotopic (exact) mass is 369 g/mol. The average molecular weight is 369 g/mol. The number of benzene rings is 1. The Labute approximate surface area is 155 Å². The first-order valence-electron chi connectivity index (χ1n) is 8.11. The van der Waals surface area contributed by atoms with Crippen LogP contribution in [0.3, 0.4) is 0 Å². The molecule has 0 aliphatic rings. The van der Waals surface area contributed by atoms with Gasteiger partial charge in [0.05, 0.1) is 12.9 Å². The molecule has 7 nitrogen and oxygen atoms in total. The molecular weight excluding hydrogens is 350 g/mol. The lowest BCUT2D eigenvalue weighted by Gasteiger charge is -2.08. The van der Waals surface area contributed by atoms with Gasteiger partial charge in [0, 0.05) is 30.2 Å². The SMILES string of the molecule is CCn1c(SCC(=O)Nc2ccc(OC)cc2)nnc1-c1cccnc1. The predicted molar refractivity (Wildman–Crippen MR) is 101 cm³/mol. The Kier molecular flexibility index (Phi) is 5.85. The molecule has 2 aromatic heterocycles. The van der Waals surface area contributed by atoms with Crippen molar-refractivity contribution in [3.63, 3.8) is 0 Å². The zero-order chi connectivity index (χ0) is 18.4. The Hall–Kier alpha value is -2.87. The maximum Gasteiger partial charge on any atom is 0.234 e. The van der Waals surface area contributed by atoms with Crippen LogP contribution in [0.4, 0.5) is 5.69 Å². The Balaban J connectivity index is 1.64. The highest BCUT2D eigenvalue weighted by Gasteiger charge is 2.14. The van der Waals surface area contributed by atoms with Gasteiger partial charge >= 0.3 is 0 Å². The molecule has 0 atom stereocenters. The Bertz CT molecular complexity index is 865. The molecule has 0 unspecified atom stereocenters. The minimum atomic E-state index is -0.103. The highest BCUT2D eigenvalue weighted by atomic mass is 32.2. The predicted octanol–water partition coefficient (Wildman–Crippen LogP) is 3.10. The van der Waals surface area contributed by atoms with Crippen LogP contribution in [0, 0.1) is 0 Å². The summed E-state index contributed by atoms with van der Waals surface area (Å²) in [5, 5.41) is 12.0. The molecule has 0 spiro atoms. The minimum Gasteiger partial charge on any atom is -0.497 e. The molecule has 2 heterocycles. The highest BCUT2D eigenvalue weighted by Crippen LogP contribution is 2.23. The molecule has 0 radical (unpaired) electrons. The third-order valence-electron chi connectivity index (χ3n) is 3.66. The second-order valence-corrected chi connectivity index (χ2v) is 6.30. The van der Waals surface area contributed by atoms with E-state index in [0.717, 1.165) is 22.8 Å². The van der Waals surface area contributed by atoms with Crippen molar-refractivity contribution in [3.05, 3.63) is 48.8 Å². The van der Waals surface area contributed by atoms with E-state index in [2.05, 4.69) is 20.5 Å². The molecule has 1 amide bonds. The van der Waals surface area contributed by atoms with Crippen LogP contribution in [0.25, 0.3) is 11.4 Å². The van der Waals surface area contributed by atoms with E-state index in [-0.39, 0.29) is 11.7 Å². The number of ether oxygens (including phenoxy) is 1. The van der Waals surface area contributed by atoms with Crippen LogP contribution in [0.5, 0.6) is 5.75 Å². The number of pyridine rings is 1. The first kappa shape index (κ1) is 17.9.